The van der Waals surface area contributed by atoms with Crippen molar-refractivity contribution in [1.29, 1.82) is 0 Å². The van der Waals surface area contributed by atoms with Crippen molar-refractivity contribution in [1.82, 2.24) is 34.2 Å². The van der Waals surface area contributed by atoms with E-state index >= 15 is 0 Å². The van der Waals surface area contributed by atoms with E-state index in [9.17, 15) is 23.2 Å². The summed E-state index contributed by atoms with van der Waals surface area (Å²) in [5.41, 5.74) is -2.57. The van der Waals surface area contributed by atoms with Gasteiger partial charge in [-0.2, -0.15) is 4.98 Å². The number of hydrogen-bond donors (Lipinski definition) is 1. The van der Waals surface area contributed by atoms with Gasteiger partial charge in [0, 0.05) is 25.7 Å². The second kappa shape index (κ2) is 10.5. The van der Waals surface area contributed by atoms with Gasteiger partial charge in [0.15, 0.2) is 17.2 Å². The second-order valence-corrected chi connectivity index (χ2v) is 9.11. The molecule has 0 saturated heterocycles. The Kier molecular flexibility index (Phi) is 7.01. The van der Waals surface area contributed by atoms with Crippen LogP contribution in [-0.2, 0) is 19.5 Å². The molecule has 0 unspecified atom stereocenters. The Morgan fingerprint density at radius 3 is 2.59 bits per heavy atom. The maximum atomic E-state index is 13.3. The normalized spacial score (nSPS) is 13.6. The van der Waals surface area contributed by atoms with Crippen LogP contribution in [0.15, 0.2) is 43.3 Å². The number of aryl methyl sites for hydroxylation is 2. The van der Waals surface area contributed by atoms with Gasteiger partial charge in [0.1, 0.15) is 11.2 Å². The largest absolute Gasteiger partial charge is 0.332 e. The number of nitrogens with zero attached hydrogens (tertiary/aromatic N) is 6. The van der Waals surface area contributed by atoms with Crippen molar-refractivity contribution in [3.05, 3.63) is 67.2 Å². The number of aromatic nitrogens is 7. The van der Waals surface area contributed by atoms with Crippen LogP contribution in [0.5, 0.6) is 0 Å². The van der Waals surface area contributed by atoms with Crippen LogP contribution in [0.4, 0.5) is 8.78 Å². The molecule has 4 aromatic rings. The van der Waals surface area contributed by atoms with E-state index in [1.165, 1.54) is 4.57 Å². The summed E-state index contributed by atoms with van der Waals surface area (Å²) in [5.74, 6) is 0.462. The second-order valence-electron chi connectivity index (χ2n) is 9.11. The molecule has 37 heavy (non-hydrogen) atoms. The molecule has 0 aliphatic heterocycles. The first-order chi connectivity index (χ1) is 17.9. The Balaban J connectivity index is 1.36. The maximum absolute atomic E-state index is 13.3. The van der Waals surface area contributed by atoms with Gasteiger partial charge < -0.3 is 9.51 Å². The minimum atomic E-state index is -3.06. The highest BCUT2D eigenvalue weighted by Gasteiger charge is 2.23. The van der Waals surface area contributed by atoms with E-state index in [1.807, 2.05) is 4.98 Å². The van der Waals surface area contributed by atoms with Gasteiger partial charge in [0.05, 0.1) is 0 Å². The van der Waals surface area contributed by atoms with Crippen molar-refractivity contribution in [2.24, 2.45) is 5.92 Å². The van der Waals surface area contributed by atoms with E-state index in [0.29, 0.717) is 49.0 Å². The minimum absolute atomic E-state index is 0.0275. The molecule has 0 radical (unpaired) electrons. The number of alkyl halides is 2. The number of rotatable bonds is 11. The smallest absolute Gasteiger partial charge is 0.331 e. The van der Waals surface area contributed by atoms with Crippen LogP contribution in [0.2, 0.25) is 0 Å². The third kappa shape index (κ3) is 5.39. The zero-order valence-corrected chi connectivity index (χ0v) is 19.9. The molecule has 5 rings (SSSR count). The van der Waals surface area contributed by atoms with Crippen LogP contribution in [-0.4, -0.2) is 34.2 Å². The topological polar surface area (TPSA) is 142 Å². The molecule has 11 nitrogen and oxygen atoms in total. The standard InChI is InChI=1S/C24H25F2N7O4/c25-19(26)20-29-17-18(21(34)30-20)32(13-5-6-14-9-10-14)24(36)33(23(17)35)12-4-2-8-16-28-22(37-31-16)15-7-1-3-11-27-15/h1,3,7,11,14,19H,2,4-6,8-10,12-13H2,(H,29,30,34). The molecule has 1 fully saturated rings. The molecule has 4 aromatic heterocycles. The number of nitrogens with one attached hydrogen (secondary N) is 1. The van der Waals surface area contributed by atoms with Crippen LogP contribution in [0.25, 0.3) is 22.6 Å². The summed E-state index contributed by atoms with van der Waals surface area (Å²) in [7, 11) is 0. The third-order valence-electron chi connectivity index (χ3n) is 6.37. The SMILES string of the molecule is O=c1[nH]c(C(F)F)nc2c(=O)n(CCCCc3noc(-c4ccccn4)n3)c(=O)n(CCCC3CC3)c12. The van der Waals surface area contributed by atoms with Crippen LogP contribution in [0.3, 0.4) is 0 Å². The molecule has 13 heteroatoms. The molecule has 0 amide bonds. The predicted octanol–water partition coefficient (Wildman–Crippen LogP) is 2.84. The van der Waals surface area contributed by atoms with Crippen molar-refractivity contribution in [2.45, 2.75) is 64.5 Å². The average molecular weight is 514 g/mol. The average Bonchev–Trinajstić information content (AvgIpc) is 3.60. The fourth-order valence-corrected chi connectivity index (χ4v) is 4.29. The van der Waals surface area contributed by atoms with Crippen LogP contribution >= 0.6 is 0 Å². The summed E-state index contributed by atoms with van der Waals surface area (Å²) >= 11 is 0. The van der Waals surface area contributed by atoms with Crippen molar-refractivity contribution in [3.8, 4) is 11.6 Å². The van der Waals surface area contributed by atoms with Gasteiger partial charge in [0.2, 0.25) is 0 Å². The van der Waals surface area contributed by atoms with Gasteiger partial charge in [-0.1, -0.05) is 24.1 Å². The summed E-state index contributed by atoms with van der Waals surface area (Å²) in [5, 5.41) is 3.94. The van der Waals surface area contributed by atoms with Gasteiger partial charge in [-0.15, -0.1) is 0 Å². The van der Waals surface area contributed by atoms with E-state index in [0.717, 1.165) is 23.8 Å². The first-order valence-corrected chi connectivity index (χ1v) is 12.2. The number of fused-ring (bicyclic) bond motifs is 1. The van der Waals surface area contributed by atoms with E-state index in [2.05, 4.69) is 20.1 Å². The molecular formula is C24H25F2N7O4. The molecule has 1 saturated carbocycles. The quantitative estimate of drug-likeness (QED) is 0.302. The minimum Gasteiger partial charge on any atom is -0.332 e. The van der Waals surface area contributed by atoms with Gasteiger partial charge in [-0.25, -0.2) is 18.6 Å². The maximum Gasteiger partial charge on any atom is 0.331 e. The van der Waals surface area contributed by atoms with Gasteiger partial charge >= 0.3 is 5.69 Å². The Morgan fingerprint density at radius 2 is 1.86 bits per heavy atom. The lowest BCUT2D eigenvalue weighted by molar-refractivity contribution is 0.140. The predicted molar refractivity (Wildman–Crippen MR) is 128 cm³/mol. The van der Waals surface area contributed by atoms with Crippen LogP contribution in [0.1, 0.15) is 56.6 Å². The molecular weight excluding hydrogens is 488 g/mol. The van der Waals surface area contributed by atoms with E-state index in [1.54, 1.807) is 24.4 Å². The van der Waals surface area contributed by atoms with Crippen molar-refractivity contribution in [2.75, 3.05) is 0 Å². The van der Waals surface area contributed by atoms with Crippen LogP contribution in [0, 0.1) is 5.92 Å². The number of hydrogen-bond acceptors (Lipinski definition) is 8. The highest BCUT2D eigenvalue weighted by molar-refractivity contribution is 5.72. The van der Waals surface area contributed by atoms with Crippen molar-refractivity contribution >= 4 is 11.0 Å². The van der Waals surface area contributed by atoms with Crippen LogP contribution < -0.4 is 16.8 Å². The highest BCUT2D eigenvalue weighted by atomic mass is 19.3. The van der Waals surface area contributed by atoms with Crippen molar-refractivity contribution in [3.63, 3.8) is 0 Å². The molecule has 1 aliphatic carbocycles. The van der Waals surface area contributed by atoms with Gasteiger partial charge in [0.25, 0.3) is 23.4 Å². The first-order valence-electron chi connectivity index (χ1n) is 12.2. The lowest BCUT2D eigenvalue weighted by Gasteiger charge is -2.13. The first kappa shape index (κ1) is 24.7. The molecule has 0 spiro atoms. The zero-order chi connectivity index (χ0) is 25.9. The lowest BCUT2D eigenvalue weighted by Crippen LogP contribution is -2.42. The van der Waals surface area contributed by atoms with Gasteiger partial charge in [-0.3, -0.25) is 23.7 Å². The number of halogens is 2. The molecule has 0 bridgehead atoms. The summed E-state index contributed by atoms with van der Waals surface area (Å²) < 4.78 is 33.9. The number of pyridine rings is 1. The Morgan fingerprint density at radius 1 is 1.05 bits per heavy atom. The van der Waals surface area contributed by atoms with Gasteiger partial charge in [-0.05, 0) is 43.7 Å². The number of aromatic amines is 1. The molecule has 4 heterocycles. The monoisotopic (exact) mass is 513 g/mol. The summed E-state index contributed by atoms with van der Waals surface area (Å²) in [6.45, 7) is 0.226. The molecule has 1 aliphatic rings. The Hall–Kier alpha value is -4.03. The fourth-order valence-electron chi connectivity index (χ4n) is 4.29. The van der Waals surface area contributed by atoms with E-state index in [-0.39, 0.29) is 18.6 Å². The third-order valence-corrected chi connectivity index (χ3v) is 6.37. The highest BCUT2D eigenvalue weighted by Crippen LogP contribution is 2.33. The molecule has 0 atom stereocenters. The summed E-state index contributed by atoms with van der Waals surface area (Å²) in [6.07, 6.45) is 3.71. The van der Waals surface area contributed by atoms with Crippen molar-refractivity contribution < 1.29 is 13.3 Å². The zero-order valence-electron chi connectivity index (χ0n) is 19.9. The Labute approximate surface area is 208 Å². The number of H-pyrrole nitrogens is 1. The Bertz CT molecular complexity index is 1570. The fraction of sp³-hybridized carbons (Fsp3) is 0.458. The molecule has 1 N–H and O–H groups in total. The lowest BCUT2D eigenvalue weighted by atomic mass is 10.2. The number of unbranched alkanes of at least 4 members (excludes halogenated alkanes) is 1. The van der Waals surface area contributed by atoms with E-state index in [4.69, 9.17) is 4.52 Å². The van der Waals surface area contributed by atoms with E-state index < -0.39 is 34.6 Å². The summed E-state index contributed by atoms with van der Waals surface area (Å²) in [4.78, 5) is 53.1. The molecule has 194 valence electrons. The molecule has 0 aromatic carbocycles. The summed E-state index contributed by atoms with van der Waals surface area (Å²) in [6, 6.07) is 5.33.